The molecule has 3 nitrogen and oxygen atoms in total. The molecule has 0 bridgehead atoms. The average Bonchev–Trinajstić information content (AvgIpc) is 2.55. The van der Waals surface area contributed by atoms with E-state index >= 15 is 0 Å². The second-order valence-electron chi connectivity index (χ2n) is 5.69. The summed E-state index contributed by atoms with van der Waals surface area (Å²) in [5.74, 6) is 1.21. The van der Waals surface area contributed by atoms with E-state index in [1.54, 1.807) is 0 Å². The van der Waals surface area contributed by atoms with E-state index in [-0.39, 0.29) is 5.41 Å². The van der Waals surface area contributed by atoms with Crippen LogP contribution in [0.15, 0.2) is 24.3 Å². The van der Waals surface area contributed by atoms with Crippen molar-refractivity contribution in [2.24, 2.45) is 11.3 Å². The number of anilines is 1. The number of nitrogen functional groups attached to an aromatic ring is 1. The van der Waals surface area contributed by atoms with Crippen LogP contribution in [0.3, 0.4) is 0 Å². The molecule has 2 N–H and O–H groups in total. The molecule has 1 aromatic carbocycles. The highest BCUT2D eigenvalue weighted by Crippen LogP contribution is 2.31. The molecule has 1 heterocycles. The topological polar surface area (TPSA) is 43.8 Å². The van der Waals surface area contributed by atoms with Crippen LogP contribution in [-0.4, -0.2) is 9.55 Å². The Labute approximate surface area is 103 Å². The van der Waals surface area contributed by atoms with Gasteiger partial charge in [0.25, 0.3) is 0 Å². The van der Waals surface area contributed by atoms with Crippen molar-refractivity contribution in [2.45, 2.75) is 34.2 Å². The molecular formula is C14H21N3. The Morgan fingerprint density at radius 1 is 1.29 bits per heavy atom. The molecule has 0 amide bonds. The molecule has 3 heteroatoms. The van der Waals surface area contributed by atoms with Gasteiger partial charge < -0.3 is 10.3 Å². The summed E-state index contributed by atoms with van der Waals surface area (Å²) < 4.78 is 2.12. The average molecular weight is 231 g/mol. The fourth-order valence-corrected chi connectivity index (χ4v) is 1.85. The summed E-state index contributed by atoms with van der Waals surface area (Å²) in [4.78, 5) is 4.40. The fraction of sp³-hybridized carbons (Fsp3) is 0.500. The first-order valence-electron chi connectivity index (χ1n) is 6.12. The molecule has 0 aliphatic rings. The third-order valence-electron chi connectivity index (χ3n) is 3.81. The van der Waals surface area contributed by atoms with Crippen LogP contribution in [0.2, 0.25) is 0 Å². The van der Waals surface area contributed by atoms with E-state index in [9.17, 15) is 0 Å². The highest BCUT2D eigenvalue weighted by atomic mass is 15.2. The van der Waals surface area contributed by atoms with Crippen LogP contribution in [-0.2, 0) is 6.54 Å². The number of benzene rings is 1. The number of fused-ring (bicyclic) bond motifs is 1. The van der Waals surface area contributed by atoms with Gasteiger partial charge in [-0.05, 0) is 23.5 Å². The van der Waals surface area contributed by atoms with Crippen molar-refractivity contribution in [3.05, 3.63) is 24.3 Å². The van der Waals surface area contributed by atoms with Gasteiger partial charge in [0.05, 0.1) is 11.0 Å². The zero-order valence-electron chi connectivity index (χ0n) is 11.1. The highest BCUT2D eigenvalue weighted by Gasteiger charge is 2.24. The third-order valence-corrected chi connectivity index (χ3v) is 3.81. The van der Waals surface area contributed by atoms with Crippen molar-refractivity contribution in [1.82, 2.24) is 9.55 Å². The van der Waals surface area contributed by atoms with Crippen molar-refractivity contribution < 1.29 is 0 Å². The van der Waals surface area contributed by atoms with Crippen LogP contribution in [0.4, 0.5) is 5.95 Å². The van der Waals surface area contributed by atoms with Crippen LogP contribution in [0.25, 0.3) is 11.0 Å². The number of nitrogens with zero attached hydrogens (tertiary/aromatic N) is 2. The summed E-state index contributed by atoms with van der Waals surface area (Å²) in [5, 5.41) is 0. The van der Waals surface area contributed by atoms with Gasteiger partial charge in [0.15, 0.2) is 0 Å². The molecule has 0 saturated heterocycles. The van der Waals surface area contributed by atoms with E-state index in [0.717, 1.165) is 17.6 Å². The summed E-state index contributed by atoms with van der Waals surface area (Å²) in [6, 6.07) is 8.11. The first-order valence-corrected chi connectivity index (χ1v) is 6.12. The van der Waals surface area contributed by atoms with Crippen molar-refractivity contribution in [2.75, 3.05) is 5.73 Å². The summed E-state index contributed by atoms with van der Waals surface area (Å²) in [7, 11) is 0. The van der Waals surface area contributed by atoms with E-state index < -0.39 is 0 Å². The van der Waals surface area contributed by atoms with Gasteiger partial charge in [-0.2, -0.15) is 0 Å². The molecule has 1 aromatic heterocycles. The van der Waals surface area contributed by atoms with Crippen molar-refractivity contribution in [1.29, 1.82) is 0 Å². The summed E-state index contributed by atoms with van der Waals surface area (Å²) >= 11 is 0. The monoisotopic (exact) mass is 231 g/mol. The molecule has 0 aliphatic carbocycles. The Morgan fingerprint density at radius 3 is 2.59 bits per heavy atom. The third kappa shape index (κ3) is 2.14. The first-order chi connectivity index (χ1) is 7.92. The number of hydrogen-bond donors (Lipinski definition) is 1. The second-order valence-corrected chi connectivity index (χ2v) is 5.69. The Balaban J connectivity index is 2.45. The number of hydrogen-bond acceptors (Lipinski definition) is 2. The van der Waals surface area contributed by atoms with Crippen LogP contribution in [0, 0.1) is 11.3 Å². The lowest BCUT2D eigenvalue weighted by atomic mass is 9.81. The van der Waals surface area contributed by atoms with E-state index in [2.05, 4.69) is 43.3 Å². The molecule has 92 valence electrons. The lowest BCUT2D eigenvalue weighted by Crippen LogP contribution is -2.26. The maximum absolute atomic E-state index is 6.01. The summed E-state index contributed by atoms with van der Waals surface area (Å²) in [5.41, 5.74) is 8.32. The summed E-state index contributed by atoms with van der Waals surface area (Å²) in [6.45, 7) is 9.93. The maximum atomic E-state index is 6.01. The molecular weight excluding hydrogens is 210 g/mol. The Bertz CT molecular complexity index is 523. The van der Waals surface area contributed by atoms with E-state index in [0.29, 0.717) is 11.9 Å². The fourth-order valence-electron chi connectivity index (χ4n) is 1.85. The molecule has 0 saturated carbocycles. The number of para-hydroxylation sites is 2. The van der Waals surface area contributed by atoms with E-state index in [4.69, 9.17) is 5.73 Å². The number of rotatable bonds is 3. The van der Waals surface area contributed by atoms with Crippen molar-refractivity contribution in [3.8, 4) is 0 Å². The number of aromatic nitrogens is 2. The van der Waals surface area contributed by atoms with Gasteiger partial charge in [-0.25, -0.2) is 4.98 Å². The lowest BCUT2D eigenvalue weighted by Gasteiger charge is -2.30. The lowest BCUT2D eigenvalue weighted by molar-refractivity contribution is 0.214. The molecule has 0 aliphatic heterocycles. The zero-order valence-corrected chi connectivity index (χ0v) is 11.1. The normalized spacial score (nSPS) is 12.5. The minimum absolute atomic E-state index is 0.206. The van der Waals surface area contributed by atoms with Gasteiger partial charge in [-0.1, -0.05) is 39.8 Å². The van der Waals surface area contributed by atoms with Crippen LogP contribution in [0.5, 0.6) is 0 Å². The van der Waals surface area contributed by atoms with E-state index in [1.807, 2.05) is 18.2 Å². The smallest absolute Gasteiger partial charge is 0.201 e. The zero-order chi connectivity index (χ0) is 12.6. The van der Waals surface area contributed by atoms with Gasteiger partial charge in [-0.15, -0.1) is 0 Å². The molecule has 0 unspecified atom stereocenters. The van der Waals surface area contributed by atoms with Crippen molar-refractivity contribution in [3.63, 3.8) is 0 Å². The standard InChI is InChI=1S/C14H21N3/c1-10(2)14(3,4)9-17-12-8-6-5-7-11(12)16-13(17)15/h5-8,10H,9H2,1-4H3,(H2,15,16). The minimum atomic E-state index is 0.206. The van der Waals surface area contributed by atoms with Gasteiger partial charge in [0.2, 0.25) is 5.95 Å². The highest BCUT2D eigenvalue weighted by molar-refractivity contribution is 5.78. The largest absolute Gasteiger partial charge is 0.369 e. The van der Waals surface area contributed by atoms with Crippen LogP contribution < -0.4 is 5.73 Å². The molecule has 2 rings (SSSR count). The number of nitrogens with two attached hydrogens (primary N) is 1. The maximum Gasteiger partial charge on any atom is 0.201 e. The van der Waals surface area contributed by atoms with Gasteiger partial charge in [0, 0.05) is 6.54 Å². The second kappa shape index (κ2) is 4.06. The minimum Gasteiger partial charge on any atom is -0.369 e. The van der Waals surface area contributed by atoms with Gasteiger partial charge >= 0.3 is 0 Å². The van der Waals surface area contributed by atoms with Gasteiger partial charge in [-0.3, -0.25) is 0 Å². The number of imidazole rings is 1. The summed E-state index contributed by atoms with van der Waals surface area (Å²) in [6.07, 6.45) is 0. The molecule has 0 spiro atoms. The molecule has 17 heavy (non-hydrogen) atoms. The van der Waals surface area contributed by atoms with E-state index in [1.165, 1.54) is 0 Å². The predicted molar refractivity (Wildman–Crippen MR) is 72.8 cm³/mol. The SMILES string of the molecule is CC(C)C(C)(C)Cn1c(N)nc2ccccc21. The first kappa shape index (κ1) is 12.0. The Hall–Kier alpha value is -1.51. The quantitative estimate of drug-likeness (QED) is 0.880. The van der Waals surface area contributed by atoms with Crippen LogP contribution in [0.1, 0.15) is 27.7 Å². The molecule has 0 atom stereocenters. The Morgan fingerprint density at radius 2 is 1.94 bits per heavy atom. The van der Waals surface area contributed by atoms with Crippen LogP contribution >= 0.6 is 0 Å². The van der Waals surface area contributed by atoms with Crippen molar-refractivity contribution >= 4 is 17.0 Å². The molecule has 0 fully saturated rings. The predicted octanol–water partition coefficient (Wildman–Crippen LogP) is 3.30. The Kier molecular flexibility index (Phi) is 2.86. The molecule has 0 radical (unpaired) electrons. The van der Waals surface area contributed by atoms with Gasteiger partial charge in [0.1, 0.15) is 0 Å². The molecule has 2 aromatic rings.